The summed E-state index contributed by atoms with van der Waals surface area (Å²) in [7, 11) is 0. The summed E-state index contributed by atoms with van der Waals surface area (Å²) in [5, 5.41) is 20.8. The van der Waals surface area contributed by atoms with Crippen LogP contribution in [0.15, 0.2) is 29.2 Å². The number of nitrogens with zero attached hydrogens (tertiary/aromatic N) is 1. The lowest BCUT2D eigenvalue weighted by Gasteiger charge is -2.26. The molecule has 1 saturated carbocycles. The van der Waals surface area contributed by atoms with E-state index in [4.69, 9.17) is 0 Å². The van der Waals surface area contributed by atoms with Crippen LogP contribution in [0.3, 0.4) is 0 Å². The van der Waals surface area contributed by atoms with Crippen LogP contribution in [0, 0.1) is 10.1 Å². The smallest absolute Gasteiger partial charge is 0.282 e. The van der Waals surface area contributed by atoms with Crippen LogP contribution >= 0.6 is 11.8 Å². The minimum absolute atomic E-state index is 0.0878. The van der Waals surface area contributed by atoms with Crippen LogP contribution < -0.4 is 0 Å². The number of hydrogen-bond acceptors (Lipinski definition) is 4. The van der Waals surface area contributed by atoms with Gasteiger partial charge in [-0.2, -0.15) is 0 Å². The Morgan fingerprint density at radius 1 is 1.29 bits per heavy atom. The second-order valence-corrected chi connectivity index (χ2v) is 5.51. The summed E-state index contributed by atoms with van der Waals surface area (Å²) in [6, 6.07) is 6.73. The Morgan fingerprint density at radius 3 is 2.71 bits per heavy atom. The summed E-state index contributed by atoms with van der Waals surface area (Å²) in [6.07, 6.45) is 3.54. The van der Waals surface area contributed by atoms with E-state index in [1.165, 1.54) is 17.8 Å². The third-order valence-electron chi connectivity index (χ3n) is 3.01. The molecule has 1 aliphatic carbocycles. The van der Waals surface area contributed by atoms with Crippen molar-refractivity contribution < 1.29 is 10.0 Å². The van der Waals surface area contributed by atoms with Gasteiger partial charge >= 0.3 is 0 Å². The van der Waals surface area contributed by atoms with Gasteiger partial charge in [0.2, 0.25) is 0 Å². The Morgan fingerprint density at radius 2 is 2.00 bits per heavy atom. The number of nitro benzene ring substituents is 1. The highest BCUT2D eigenvalue weighted by Gasteiger charge is 2.26. The van der Waals surface area contributed by atoms with Crippen molar-refractivity contribution in [2.24, 2.45) is 0 Å². The third-order valence-corrected chi connectivity index (χ3v) is 4.46. The quantitative estimate of drug-likeness (QED) is 0.664. The molecule has 0 amide bonds. The van der Waals surface area contributed by atoms with E-state index in [1.807, 2.05) is 0 Å². The highest BCUT2D eigenvalue weighted by atomic mass is 32.2. The van der Waals surface area contributed by atoms with Gasteiger partial charge < -0.3 is 5.11 Å². The fourth-order valence-corrected chi connectivity index (χ4v) is 3.41. The first-order valence-corrected chi connectivity index (χ1v) is 6.64. The molecule has 2 unspecified atom stereocenters. The first kappa shape index (κ1) is 12.4. The number of thioether (sulfide) groups is 1. The summed E-state index contributed by atoms with van der Waals surface area (Å²) < 4.78 is 0. The van der Waals surface area contributed by atoms with Gasteiger partial charge in [0.25, 0.3) is 5.69 Å². The number of benzene rings is 1. The molecule has 0 heterocycles. The largest absolute Gasteiger partial charge is 0.392 e. The molecule has 4 nitrogen and oxygen atoms in total. The third kappa shape index (κ3) is 2.98. The van der Waals surface area contributed by atoms with Gasteiger partial charge in [-0.3, -0.25) is 10.1 Å². The Bertz CT molecular complexity index is 410. The second kappa shape index (κ2) is 5.51. The zero-order valence-electron chi connectivity index (χ0n) is 9.41. The van der Waals surface area contributed by atoms with E-state index >= 15 is 0 Å². The molecule has 1 aliphatic rings. The van der Waals surface area contributed by atoms with Crippen molar-refractivity contribution in [2.45, 2.75) is 41.9 Å². The van der Waals surface area contributed by atoms with Crippen LogP contribution in [-0.4, -0.2) is 21.4 Å². The van der Waals surface area contributed by atoms with Gasteiger partial charge in [-0.05, 0) is 18.9 Å². The number of aliphatic hydroxyl groups is 1. The van der Waals surface area contributed by atoms with Gasteiger partial charge in [0.1, 0.15) is 0 Å². The van der Waals surface area contributed by atoms with Gasteiger partial charge in [-0.25, -0.2) is 0 Å². The molecule has 1 N–H and O–H groups in total. The second-order valence-electron chi connectivity index (χ2n) is 4.23. The van der Waals surface area contributed by atoms with Crippen molar-refractivity contribution in [3.63, 3.8) is 0 Å². The highest BCUT2D eigenvalue weighted by molar-refractivity contribution is 8.00. The SMILES string of the molecule is O=[N+]([O-])c1ccccc1SC1CCCCC1O. The van der Waals surface area contributed by atoms with E-state index in [2.05, 4.69) is 0 Å². The molecule has 0 radical (unpaired) electrons. The topological polar surface area (TPSA) is 63.4 Å². The summed E-state index contributed by atoms with van der Waals surface area (Å²) in [5.41, 5.74) is 0.135. The highest BCUT2D eigenvalue weighted by Crippen LogP contribution is 2.37. The Balaban J connectivity index is 2.14. The number of nitro groups is 1. The van der Waals surface area contributed by atoms with Crippen molar-refractivity contribution in [3.8, 4) is 0 Å². The lowest BCUT2D eigenvalue weighted by atomic mass is 9.97. The summed E-state index contributed by atoms with van der Waals surface area (Å²) in [4.78, 5) is 11.2. The molecule has 92 valence electrons. The Labute approximate surface area is 104 Å². The van der Waals surface area contributed by atoms with Gasteiger partial charge in [0.15, 0.2) is 0 Å². The van der Waals surface area contributed by atoms with Crippen LogP contribution in [0.25, 0.3) is 0 Å². The lowest BCUT2D eigenvalue weighted by Crippen LogP contribution is -2.26. The van der Waals surface area contributed by atoms with Crippen LogP contribution in [-0.2, 0) is 0 Å². The molecule has 1 aromatic rings. The average molecular weight is 253 g/mol. The van der Waals surface area contributed by atoms with Crippen molar-refractivity contribution in [1.29, 1.82) is 0 Å². The molecule has 1 aromatic carbocycles. The molecule has 2 atom stereocenters. The molecular weight excluding hydrogens is 238 g/mol. The molecule has 0 bridgehead atoms. The normalized spacial score (nSPS) is 24.5. The zero-order valence-corrected chi connectivity index (χ0v) is 10.2. The summed E-state index contributed by atoms with van der Waals surface area (Å²) >= 11 is 1.44. The van der Waals surface area contributed by atoms with E-state index in [1.54, 1.807) is 18.2 Å². The van der Waals surface area contributed by atoms with Crippen LogP contribution in [0.5, 0.6) is 0 Å². The Hall–Kier alpha value is -1.07. The molecule has 5 heteroatoms. The molecule has 17 heavy (non-hydrogen) atoms. The van der Waals surface area contributed by atoms with Crippen molar-refractivity contribution in [2.75, 3.05) is 0 Å². The van der Waals surface area contributed by atoms with Crippen LogP contribution in [0.2, 0.25) is 0 Å². The van der Waals surface area contributed by atoms with E-state index in [0.717, 1.165) is 25.7 Å². The van der Waals surface area contributed by atoms with E-state index in [9.17, 15) is 15.2 Å². The summed E-state index contributed by atoms with van der Waals surface area (Å²) in [6.45, 7) is 0. The first-order valence-electron chi connectivity index (χ1n) is 5.76. The van der Waals surface area contributed by atoms with E-state index in [-0.39, 0.29) is 22.0 Å². The monoisotopic (exact) mass is 253 g/mol. The number of aliphatic hydroxyl groups excluding tert-OH is 1. The first-order chi connectivity index (χ1) is 8.18. The maximum Gasteiger partial charge on any atom is 0.282 e. The standard InChI is InChI=1S/C12H15NO3S/c14-10-6-2-4-8-12(10)17-11-7-3-1-5-9(11)13(15)16/h1,3,5,7,10,12,14H,2,4,6,8H2. The predicted octanol–water partition coefficient (Wildman–Crippen LogP) is 2.99. The minimum atomic E-state index is -0.364. The maximum atomic E-state index is 10.9. The average Bonchev–Trinajstić information content (AvgIpc) is 2.32. The molecule has 0 aliphatic heterocycles. The molecule has 0 saturated heterocycles. The van der Waals surface area contributed by atoms with Gasteiger partial charge in [-0.1, -0.05) is 25.0 Å². The van der Waals surface area contributed by atoms with E-state index in [0.29, 0.717) is 4.90 Å². The van der Waals surface area contributed by atoms with Gasteiger partial charge in [-0.15, -0.1) is 11.8 Å². The summed E-state index contributed by atoms with van der Waals surface area (Å²) in [5.74, 6) is 0. The molecule has 1 fully saturated rings. The number of hydrogen-bond donors (Lipinski definition) is 1. The molecule has 0 aromatic heterocycles. The van der Waals surface area contributed by atoms with E-state index < -0.39 is 0 Å². The maximum absolute atomic E-state index is 10.9. The fraction of sp³-hybridized carbons (Fsp3) is 0.500. The van der Waals surface area contributed by atoms with Crippen molar-refractivity contribution in [1.82, 2.24) is 0 Å². The molecule has 0 spiro atoms. The predicted molar refractivity (Wildman–Crippen MR) is 67.2 cm³/mol. The van der Waals surface area contributed by atoms with Gasteiger partial charge in [0.05, 0.1) is 15.9 Å². The molecular formula is C12H15NO3S. The lowest BCUT2D eigenvalue weighted by molar-refractivity contribution is -0.387. The van der Waals surface area contributed by atoms with Crippen molar-refractivity contribution in [3.05, 3.63) is 34.4 Å². The van der Waals surface area contributed by atoms with Gasteiger partial charge in [0, 0.05) is 11.3 Å². The number of rotatable bonds is 3. The van der Waals surface area contributed by atoms with Crippen LogP contribution in [0.4, 0.5) is 5.69 Å². The Kier molecular flexibility index (Phi) is 4.02. The fourth-order valence-electron chi connectivity index (χ4n) is 2.09. The zero-order chi connectivity index (χ0) is 12.3. The number of para-hydroxylation sites is 1. The van der Waals surface area contributed by atoms with Crippen molar-refractivity contribution >= 4 is 17.4 Å². The minimum Gasteiger partial charge on any atom is -0.392 e. The molecule has 2 rings (SSSR count). The van der Waals surface area contributed by atoms with Crippen LogP contribution in [0.1, 0.15) is 25.7 Å².